The smallest absolute Gasteiger partial charge is 0.321 e. The first kappa shape index (κ1) is 16.2. The molecular weight excluding hydrogens is 226 g/mol. The molecule has 0 heterocycles. The molecule has 1 atom stereocenters. The second kappa shape index (κ2) is 6.27. The Morgan fingerprint density at radius 3 is 2.14 bits per heavy atom. The lowest BCUT2D eigenvalue weighted by atomic mass is 10.00. The molecular formula is C8H16ClNO3S. The zero-order chi connectivity index (χ0) is 10.6. The summed E-state index contributed by atoms with van der Waals surface area (Å²) in [6, 6.07) is -0.962. The molecule has 0 aliphatic carbocycles. The summed E-state index contributed by atoms with van der Waals surface area (Å²) in [7, 11) is 0. The van der Waals surface area contributed by atoms with Crippen LogP contribution in [0, 0.1) is 5.41 Å². The Hall–Kier alpha value is -0.260. The molecule has 3 N–H and O–H groups in total. The van der Waals surface area contributed by atoms with E-state index >= 15 is 0 Å². The topological polar surface area (TPSA) is 80.4 Å². The molecule has 0 bridgehead atoms. The molecule has 0 aliphatic rings. The van der Waals surface area contributed by atoms with Gasteiger partial charge >= 0.3 is 5.97 Å². The van der Waals surface area contributed by atoms with Gasteiger partial charge in [-0.1, -0.05) is 32.5 Å². The van der Waals surface area contributed by atoms with Gasteiger partial charge in [0.25, 0.3) is 0 Å². The molecule has 0 aromatic rings. The zero-order valence-electron chi connectivity index (χ0n) is 8.44. The Morgan fingerprint density at radius 2 is 1.86 bits per heavy atom. The van der Waals surface area contributed by atoms with Gasteiger partial charge in [-0.3, -0.25) is 9.59 Å². The lowest BCUT2D eigenvalue weighted by Crippen LogP contribution is -2.33. The molecule has 6 heteroatoms. The number of carbonyl (C=O) groups is 2. The minimum Gasteiger partial charge on any atom is -0.480 e. The van der Waals surface area contributed by atoms with E-state index in [-0.39, 0.29) is 23.3 Å². The normalized spacial score (nSPS) is 12.9. The van der Waals surface area contributed by atoms with E-state index in [1.807, 2.05) is 0 Å². The highest BCUT2D eigenvalue weighted by atomic mass is 35.5. The number of carboxylic acid groups (broad SMARTS) is 1. The summed E-state index contributed by atoms with van der Waals surface area (Å²) in [5.41, 5.74) is 4.79. The van der Waals surface area contributed by atoms with Crippen LogP contribution in [0.4, 0.5) is 0 Å². The summed E-state index contributed by atoms with van der Waals surface area (Å²) in [6.45, 7) is 5.36. The van der Waals surface area contributed by atoms with Crippen LogP contribution >= 0.6 is 24.2 Å². The summed E-state index contributed by atoms with van der Waals surface area (Å²) in [5.74, 6) is -0.944. The van der Waals surface area contributed by atoms with Crippen LogP contribution in [0.5, 0.6) is 0 Å². The molecule has 0 rings (SSSR count). The maximum Gasteiger partial charge on any atom is 0.321 e. The number of nitrogens with two attached hydrogens (primary N) is 1. The molecule has 0 fully saturated rings. The predicted octanol–water partition coefficient (Wildman–Crippen LogP) is 1.13. The highest BCUT2D eigenvalue weighted by Gasteiger charge is 2.23. The number of aliphatic carboxylic acids is 1. The molecule has 0 unspecified atom stereocenters. The molecule has 0 aromatic carbocycles. The van der Waals surface area contributed by atoms with E-state index in [1.54, 1.807) is 20.8 Å². The molecule has 14 heavy (non-hydrogen) atoms. The Bertz CT molecular complexity index is 215. The molecule has 0 amide bonds. The number of thioether (sulfide) groups is 1. The summed E-state index contributed by atoms with van der Waals surface area (Å²) >= 11 is 0.975. The molecule has 0 spiro atoms. The van der Waals surface area contributed by atoms with Crippen molar-refractivity contribution >= 4 is 35.3 Å². The number of carbonyl (C=O) groups excluding carboxylic acids is 1. The fourth-order valence-electron chi connectivity index (χ4n) is 0.453. The average molecular weight is 242 g/mol. The van der Waals surface area contributed by atoms with Gasteiger partial charge in [0.15, 0.2) is 5.12 Å². The van der Waals surface area contributed by atoms with Crippen LogP contribution in [-0.4, -0.2) is 28.0 Å². The first-order valence-corrected chi connectivity index (χ1v) is 4.89. The molecule has 0 saturated heterocycles. The van der Waals surface area contributed by atoms with Crippen molar-refractivity contribution in [3.05, 3.63) is 0 Å². The van der Waals surface area contributed by atoms with Gasteiger partial charge in [-0.15, -0.1) is 12.4 Å². The first-order valence-electron chi connectivity index (χ1n) is 3.90. The van der Waals surface area contributed by atoms with Gasteiger partial charge in [-0.2, -0.15) is 0 Å². The third kappa shape index (κ3) is 6.23. The minimum atomic E-state index is -1.07. The Labute approximate surface area is 94.0 Å². The van der Waals surface area contributed by atoms with Gasteiger partial charge in [0.05, 0.1) is 0 Å². The van der Waals surface area contributed by atoms with Crippen molar-refractivity contribution in [2.75, 3.05) is 5.75 Å². The number of rotatable bonds is 3. The summed E-state index contributed by atoms with van der Waals surface area (Å²) < 4.78 is 0. The van der Waals surface area contributed by atoms with Gasteiger partial charge in [0, 0.05) is 11.2 Å². The van der Waals surface area contributed by atoms with E-state index < -0.39 is 17.4 Å². The lowest BCUT2D eigenvalue weighted by Gasteiger charge is -2.16. The SMILES string of the molecule is CC(C)(C)C(=O)SC[C@H](N)C(=O)O.Cl. The summed E-state index contributed by atoms with van der Waals surface area (Å²) in [6.07, 6.45) is 0. The van der Waals surface area contributed by atoms with Crippen LogP contribution in [-0.2, 0) is 9.59 Å². The molecule has 0 radical (unpaired) electrons. The van der Waals surface area contributed by atoms with Gasteiger partial charge < -0.3 is 10.8 Å². The Morgan fingerprint density at radius 1 is 1.43 bits per heavy atom. The maximum atomic E-state index is 11.3. The quantitative estimate of drug-likeness (QED) is 0.774. The number of halogens is 1. The van der Waals surface area contributed by atoms with Crippen molar-refractivity contribution in [2.24, 2.45) is 11.1 Å². The van der Waals surface area contributed by atoms with Crippen LogP contribution in [0.3, 0.4) is 0 Å². The van der Waals surface area contributed by atoms with Crippen LogP contribution in [0.25, 0.3) is 0 Å². The molecule has 0 aliphatic heterocycles. The van der Waals surface area contributed by atoms with Crippen molar-refractivity contribution in [2.45, 2.75) is 26.8 Å². The van der Waals surface area contributed by atoms with Gasteiger partial charge in [-0.25, -0.2) is 0 Å². The second-order valence-corrected chi connectivity index (χ2v) is 4.79. The highest BCUT2D eigenvalue weighted by Crippen LogP contribution is 2.22. The van der Waals surface area contributed by atoms with Crippen molar-refractivity contribution in [1.82, 2.24) is 0 Å². The number of carboxylic acids is 1. The van der Waals surface area contributed by atoms with Gasteiger partial charge in [-0.05, 0) is 0 Å². The van der Waals surface area contributed by atoms with Gasteiger partial charge in [0.2, 0.25) is 0 Å². The van der Waals surface area contributed by atoms with E-state index in [2.05, 4.69) is 0 Å². The Balaban J connectivity index is 0. The van der Waals surface area contributed by atoms with E-state index in [0.29, 0.717) is 0 Å². The van der Waals surface area contributed by atoms with Crippen LogP contribution < -0.4 is 5.73 Å². The lowest BCUT2D eigenvalue weighted by molar-refractivity contribution is -0.137. The third-order valence-electron chi connectivity index (χ3n) is 1.32. The van der Waals surface area contributed by atoms with E-state index in [4.69, 9.17) is 10.8 Å². The van der Waals surface area contributed by atoms with Crippen LogP contribution in [0.2, 0.25) is 0 Å². The first-order chi connectivity index (χ1) is 5.75. The molecule has 84 valence electrons. The largest absolute Gasteiger partial charge is 0.480 e. The molecule has 0 saturated carbocycles. The minimum absolute atomic E-state index is 0. The predicted molar refractivity (Wildman–Crippen MR) is 59.8 cm³/mol. The average Bonchev–Trinajstić information content (AvgIpc) is 1.97. The van der Waals surface area contributed by atoms with E-state index in [1.165, 1.54) is 0 Å². The van der Waals surface area contributed by atoms with Crippen molar-refractivity contribution in [1.29, 1.82) is 0 Å². The van der Waals surface area contributed by atoms with Crippen LogP contribution in [0.15, 0.2) is 0 Å². The van der Waals surface area contributed by atoms with Crippen molar-refractivity contribution in [3.8, 4) is 0 Å². The zero-order valence-corrected chi connectivity index (χ0v) is 10.1. The summed E-state index contributed by atoms with van der Waals surface area (Å²) in [5, 5.41) is 8.41. The molecule has 0 aromatic heterocycles. The Kier molecular flexibility index (Phi) is 7.24. The third-order valence-corrected chi connectivity index (χ3v) is 2.72. The summed E-state index contributed by atoms with van der Waals surface area (Å²) in [4.78, 5) is 21.6. The fourth-order valence-corrected chi connectivity index (χ4v) is 1.36. The fraction of sp³-hybridized carbons (Fsp3) is 0.750. The van der Waals surface area contributed by atoms with Crippen molar-refractivity contribution in [3.63, 3.8) is 0 Å². The van der Waals surface area contributed by atoms with Gasteiger partial charge in [0.1, 0.15) is 6.04 Å². The number of hydrogen-bond acceptors (Lipinski definition) is 4. The molecule has 4 nitrogen and oxygen atoms in total. The maximum absolute atomic E-state index is 11.3. The van der Waals surface area contributed by atoms with Crippen molar-refractivity contribution < 1.29 is 14.7 Å². The van der Waals surface area contributed by atoms with E-state index in [9.17, 15) is 9.59 Å². The monoisotopic (exact) mass is 241 g/mol. The van der Waals surface area contributed by atoms with Crippen LogP contribution in [0.1, 0.15) is 20.8 Å². The van der Waals surface area contributed by atoms with E-state index in [0.717, 1.165) is 11.8 Å². The second-order valence-electron chi connectivity index (χ2n) is 3.79. The highest BCUT2D eigenvalue weighted by molar-refractivity contribution is 8.13. The standard InChI is InChI=1S/C8H15NO3S.ClH/c1-8(2,3)7(12)13-4-5(9)6(10)11;/h5H,4,9H2,1-3H3,(H,10,11);1H/t5-;/m0./s1. The number of hydrogen-bond donors (Lipinski definition) is 2.